The van der Waals surface area contributed by atoms with Crippen molar-refractivity contribution in [3.05, 3.63) is 71.6 Å². The summed E-state index contributed by atoms with van der Waals surface area (Å²) in [6, 6.07) is 16.6. The van der Waals surface area contributed by atoms with Crippen LogP contribution in [0.25, 0.3) is 11.3 Å². The monoisotopic (exact) mass is 420 g/mol. The lowest BCUT2D eigenvalue weighted by molar-refractivity contribution is -0.120. The Kier molecular flexibility index (Phi) is 5.32. The number of amides is 1. The molecule has 0 spiro atoms. The van der Waals surface area contributed by atoms with E-state index >= 15 is 0 Å². The van der Waals surface area contributed by atoms with Crippen molar-refractivity contribution in [2.24, 2.45) is 5.92 Å². The summed E-state index contributed by atoms with van der Waals surface area (Å²) >= 11 is 5.91. The maximum absolute atomic E-state index is 12.6. The first-order valence-electron chi connectivity index (χ1n) is 10.6. The Morgan fingerprint density at radius 3 is 2.63 bits per heavy atom. The maximum Gasteiger partial charge on any atom is 0.227 e. The van der Waals surface area contributed by atoms with Gasteiger partial charge in [-0.2, -0.15) is 0 Å². The number of nitrogens with zero attached hydrogens (tertiary/aromatic N) is 2. The van der Waals surface area contributed by atoms with E-state index in [1.165, 1.54) is 16.8 Å². The number of fused-ring (bicyclic) bond motifs is 3. The lowest BCUT2D eigenvalue weighted by Crippen LogP contribution is -2.38. The van der Waals surface area contributed by atoms with E-state index in [9.17, 15) is 4.79 Å². The van der Waals surface area contributed by atoms with Crippen LogP contribution in [0.3, 0.4) is 0 Å². The highest BCUT2D eigenvalue weighted by atomic mass is 35.5. The van der Waals surface area contributed by atoms with Gasteiger partial charge in [0.2, 0.25) is 5.91 Å². The third-order valence-corrected chi connectivity index (χ3v) is 6.66. The predicted molar refractivity (Wildman–Crippen MR) is 120 cm³/mol. The summed E-state index contributed by atoms with van der Waals surface area (Å²) in [4.78, 5) is 16.9. The van der Waals surface area contributed by atoms with Crippen LogP contribution in [0.5, 0.6) is 0 Å². The molecule has 1 saturated carbocycles. The van der Waals surface area contributed by atoms with Gasteiger partial charge in [0.15, 0.2) is 0 Å². The molecule has 0 radical (unpaired) electrons. The first-order valence-corrected chi connectivity index (χ1v) is 11.0. The van der Waals surface area contributed by atoms with Gasteiger partial charge in [-0.3, -0.25) is 4.79 Å². The van der Waals surface area contributed by atoms with Gasteiger partial charge in [0.25, 0.3) is 0 Å². The van der Waals surface area contributed by atoms with Crippen molar-refractivity contribution in [1.29, 1.82) is 0 Å². The molecular formula is C24H25ClN4O. The highest BCUT2D eigenvalue weighted by Crippen LogP contribution is 2.38. The number of carbonyl (C=O) groups is 1. The van der Waals surface area contributed by atoms with Crippen LogP contribution in [0.15, 0.2) is 61.1 Å². The summed E-state index contributed by atoms with van der Waals surface area (Å²) in [5.74, 6) is 0.190. The second-order valence-electron chi connectivity index (χ2n) is 8.24. The number of hydrogen-bond donors (Lipinski definition) is 2. The van der Waals surface area contributed by atoms with Crippen LogP contribution in [-0.2, 0) is 4.79 Å². The average Bonchev–Trinajstić information content (AvgIpc) is 3.36. The van der Waals surface area contributed by atoms with Crippen molar-refractivity contribution < 1.29 is 4.79 Å². The molecule has 1 aromatic heterocycles. The fourth-order valence-corrected chi connectivity index (χ4v) is 4.88. The molecule has 5 nitrogen and oxygen atoms in total. The third-order valence-electron chi connectivity index (χ3n) is 6.41. The van der Waals surface area contributed by atoms with E-state index in [1.807, 2.05) is 24.7 Å². The molecule has 2 heterocycles. The number of nitrogens with one attached hydrogen (secondary N) is 2. The second kappa shape index (κ2) is 8.25. The molecule has 1 atom stereocenters. The zero-order valence-corrected chi connectivity index (χ0v) is 17.5. The number of imidazole rings is 1. The van der Waals surface area contributed by atoms with Gasteiger partial charge in [-0.05, 0) is 55.5 Å². The summed E-state index contributed by atoms with van der Waals surface area (Å²) in [5.41, 5.74) is 4.64. The van der Waals surface area contributed by atoms with Gasteiger partial charge in [-0.15, -0.1) is 0 Å². The SMILES string of the molecule is O=C(Nc1ccc(Cl)cc1)C1CCC(NCC2c3ccccc3-c3cncn32)CC1. The van der Waals surface area contributed by atoms with Crippen LogP contribution >= 0.6 is 11.6 Å². The first-order chi connectivity index (χ1) is 14.7. The Morgan fingerprint density at radius 1 is 1.07 bits per heavy atom. The van der Waals surface area contributed by atoms with Crippen LogP contribution in [0.2, 0.25) is 5.02 Å². The Balaban J connectivity index is 1.15. The summed E-state index contributed by atoms with van der Waals surface area (Å²) in [7, 11) is 0. The van der Waals surface area contributed by atoms with Crippen molar-refractivity contribution in [2.45, 2.75) is 37.8 Å². The molecule has 0 bridgehead atoms. The van der Waals surface area contributed by atoms with Crippen molar-refractivity contribution in [3.63, 3.8) is 0 Å². The minimum atomic E-state index is 0.0752. The van der Waals surface area contributed by atoms with Crippen molar-refractivity contribution >= 4 is 23.2 Å². The molecule has 2 aliphatic rings. The van der Waals surface area contributed by atoms with Crippen LogP contribution in [-0.4, -0.2) is 28.0 Å². The van der Waals surface area contributed by atoms with Gasteiger partial charge in [0, 0.05) is 34.8 Å². The topological polar surface area (TPSA) is 59.0 Å². The van der Waals surface area contributed by atoms with Crippen LogP contribution in [0.1, 0.15) is 37.3 Å². The van der Waals surface area contributed by atoms with E-state index in [0.717, 1.165) is 37.9 Å². The van der Waals surface area contributed by atoms with Crippen molar-refractivity contribution in [3.8, 4) is 11.3 Å². The van der Waals surface area contributed by atoms with E-state index in [1.54, 1.807) is 12.1 Å². The number of aromatic nitrogens is 2. The quantitative estimate of drug-likeness (QED) is 0.617. The molecule has 1 unspecified atom stereocenters. The Hall–Kier alpha value is -2.63. The van der Waals surface area contributed by atoms with Crippen molar-refractivity contribution in [2.75, 3.05) is 11.9 Å². The number of hydrogen-bond acceptors (Lipinski definition) is 3. The van der Waals surface area contributed by atoms with Crippen molar-refractivity contribution in [1.82, 2.24) is 14.9 Å². The van der Waals surface area contributed by atoms with Gasteiger partial charge in [-0.25, -0.2) is 4.98 Å². The number of carbonyl (C=O) groups excluding carboxylic acids is 1. The Labute approximate surface area is 181 Å². The molecule has 2 N–H and O–H groups in total. The van der Waals surface area contributed by atoms with Gasteiger partial charge in [-0.1, -0.05) is 35.9 Å². The third kappa shape index (κ3) is 3.75. The molecule has 6 heteroatoms. The number of rotatable bonds is 5. The molecule has 5 rings (SSSR count). The lowest BCUT2D eigenvalue weighted by atomic mass is 9.85. The van der Waals surface area contributed by atoms with Crippen LogP contribution in [0, 0.1) is 5.92 Å². The largest absolute Gasteiger partial charge is 0.326 e. The van der Waals surface area contributed by atoms with Gasteiger partial charge < -0.3 is 15.2 Å². The molecule has 2 aromatic carbocycles. The lowest BCUT2D eigenvalue weighted by Gasteiger charge is -2.29. The summed E-state index contributed by atoms with van der Waals surface area (Å²) in [6.45, 7) is 0.882. The van der Waals surface area contributed by atoms with Crippen LogP contribution < -0.4 is 10.6 Å². The summed E-state index contributed by atoms with van der Waals surface area (Å²) < 4.78 is 2.27. The normalized spacial score (nSPS) is 22.4. The predicted octanol–water partition coefficient (Wildman–Crippen LogP) is 4.89. The van der Waals surface area contributed by atoms with E-state index in [0.29, 0.717) is 11.1 Å². The van der Waals surface area contributed by atoms with Crippen LogP contribution in [0.4, 0.5) is 5.69 Å². The molecule has 0 saturated heterocycles. The molecular weight excluding hydrogens is 396 g/mol. The number of halogens is 1. The molecule has 1 aliphatic heterocycles. The minimum absolute atomic E-state index is 0.0752. The molecule has 1 fully saturated rings. The average molecular weight is 421 g/mol. The summed E-state index contributed by atoms with van der Waals surface area (Å²) in [6.07, 6.45) is 7.74. The minimum Gasteiger partial charge on any atom is -0.326 e. The molecule has 30 heavy (non-hydrogen) atoms. The highest BCUT2D eigenvalue weighted by Gasteiger charge is 2.30. The zero-order chi connectivity index (χ0) is 20.5. The first kappa shape index (κ1) is 19.3. The fraction of sp³-hybridized carbons (Fsp3) is 0.333. The smallest absolute Gasteiger partial charge is 0.227 e. The Morgan fingerprint density at radius 2 is 1.83 bits per heavy atom. The molecule has 1 aliphatic carbocycles. The van der Waals surface area contributed by atoms with E-state index < -0.39 is 0 Å². The summed E-state index contributed by atoms with van der Waals surface area (Å²) in [5, 5.41) is 7.45. The van der Waals surface area contributed by atoms with Gasteiger partial charge in [0.1, 0.15) is 0 Å². The maximum atomic E-state index is 12.6. The van der Waals surface area contributed by atoms with Gasteiger partial charge in [0.05, 0.1) is 24.3 Å². The Bertz CT molecular complexity index is 1040. The van der Waals surface area contributed by atoms with E-state index in [2.05, 4.69) is 44.5 Å². The fourth-order valence-electron chi connectivity index (χ4n) is 4.76. The van der Waals surface area contributed by atoms with Gasteiger partial charge >= 0.3 is 0 Å². The zero-order valence-electron chi connectivity index (χ0n) is 16.7. The molecule has 3 aromatic rings. The van der Waals surface area contributed by atoms with E-state index in [-0.39, 0.29) is 17.9 Å². The second-order valence-corrected chi connectivity index (χ2v) is 8.68. The number of benzene rings is 2. The number of anilines is 1. The standard InChI is InChI=1S/C24H25ClN4O/c25-17-7-11-19(12-8-17)28-24(30)16-5-9-18(10-6-16)27-14-23-21-4-2-1-3-20(21)22-13-26-15-29(22)23/h1-4,7-8,11-13,15-16,18,23,27H,5-6,9-10,14H2,(H,28,30). The molecule has 154 valence electrons. The highest BCUT2D eigenvalue weighted by molar-refractivity contribution is 6.30. The van der Waals surface area contributed by atoms with E-state index in [4.69, 9.17) is 11.6 Å². The molecule has 1 amide bonds.